The molecule has 3 amide bonds. The van der Waals surface area contributed by atoms with Crippen molar-refractivity contribution in [1.29, 1.82) is 0 Å². The molecule has 6 nitrogen and oxygen atoms in total. The molecule has 242 valence electrons. The summed E-state index contributed by atoms with van der Waals surface area (Å²) in [4.78, 5) is 40.5. The molecule has 0 heterocycles. The zero-order valence-electron chi connectivity index (χ0n) is 27.8. The highest BCUT2D eigenvalue weighted by molar-refractivity contribution is 6.01. The Morgan fingerprint density at radius 1 is 0.870 bits per heavy atom. The molecule has 0 radical (unpaired) electrons. The number of amides is 3. The molecule has 0 aliphatic heterocycles. The summed E-state index contributed by atoms with van der Waals surface area (Å²) in [5.74, 6) is -0.377. The van der Waals surface area contributed by atoms with Gasteiger partial charge in [0.25, 0.3) is 5.91 Å². The number of nitrogens with one attached hydrogen (secondary N) is 3. The second kappa shape index (κ2) is 14.5. The lowest BCUT2D eigenvalue weighted by molar-refractivity contribution is -0.135. The molecule has 3 N–H and O–H groups in total. The van der Waals surface area contributed by atoms with Crippen LogP contribution >= 0.6 is 0 Å². The van der Waals surface area contributed by atoms with E-state index in [2.05, 4.69) is 67.1 Å². The highest BCUT2D eigenvalue weighted by Gasteiger charge is 2.37. The largest absolute Gasteiger partial charge is 0.351 e. The maximum absolute atomic E-state index is 13.7. The molecule has 6 heteroatoms. The highest BCUT2D eigenvalue weighted by atomic mass is 16.2. The van der Waals surface area contributed by atoms with E-state index in [-0.39, 0.29) is 29.2 Å². The zero-order chi connectivity index (χ0) is 32.7. The van der Waals surface area contributed by atoms with Crippen LogP contribution in [0, 0.1) is 5.41 Å². The molecule has 0 aromatic heterocycles. The van der Waals surface area contributed by atoms with Gasteiger partial charge in [0.2, 0.25) is 11.8 Å². The molecular weight excluding hydrogens is 570 g/mol. The lowest BCUT2D eigenvalue weighted by Gasteiger charge is -2.34. The second-order valence-electron chi connectivity index (χ2n) is 14.3. The van der Waals surface area contributed by atoms with Gasteiger partial charge < -0.3 is 16.0 Å². The highest BCUT2D eigenvalue weighted by Crippen LogP contribution is 2.36. The molecule has 5 rings (SSSR count). The number of benzene rings is 3. The fourth-order valence-electron chi connectivity index (χ4n) is 6.53. The van der Waals surface area contributed by atoms with E-state index >= 15 is 0 Å². The Hall–Kier alpha value is -4.19. The minimum Gasteiger partial charge on any atom is -0.351 e. The molecule has 3 aromatic rings. The van der Waals surface area contributed by atoms with E-state index in [1.54, 1.807) is 0 Å². The summed E-state index contributed by atoms with van der Waals surface area (Å²) in [7, 11) is 0. The monoisotopic (exact) mass is 619 g/mol. The van der Waals surface area contributed by atoms with Gasteiger partial charge in [-0.2, -0.15) is 0 Å². The first kappa shape index (κ1) is 33.2. The van der Waals surface area contributed by atoms with E-state index in [1.165, 1.54) is 12.0 Å². The summed E-state index contributed by atoms with van der Waals surface area (Å²) < 4.78 is 0. The van der Waals surface area contributed by atoms with Crippen molar-refractivity contribution in [2.24, 2.45) is 5.41 Å². The van der Waals surface area contributed by atoms with Gasteiger partial charge in [-0.25, -0.2) is 0 Å². The van der Waals surface area contributed by atoms with Crippen LogP contribution in [0.4, 0.5) is 0 Å². The number of carbonyl (C=O) groups excluding carboxylic acids is 3. The van der Waals surface area contributed by atoms with Gasteiger partial charge in [-0.3, -0.25) is 14.4 Å². The quantitative estimate of drug-likeness (QED) is 0.214. The van der Waals surface area contributed by atoms with E-state index in [4.69, 9.17) is 0 Å². The third-order valence-corrected chi connectivity index (χ3v) is 9.72. The van der Waals surface area contributed by atoms with Gasteiger partial charge in [0.1, 0.15) is 6.04 Å². The van der Waals surface area contributed by atoms with Gasteiger partial charge in [0, 0.05) is 18.2 Å². The molecule has 2 aliphatic carbocycles. The topological polar surface area (TPSA) is 87.3 Å². The number of hydrogen-bond donors (Lipinski definition) is 3. The minimum atomic E-state index is -0.734. The van der Waals surface area contributed by atoms with Crippen LogP contribution in [0.3, 0.4) is 0 Å². The summed E-state index contributed by atoms with van der Waals surface area (Å²) in [5.41, 5.74) is 5.13. The average Bonchev–Trinajstić information content (AvgIpc) is 3.07. The number of rotatable bonds is 9. The normalized spacial score (nSPS) is 19.4. The minimum absolute atomic E-state index is 0.0622. The molecule has 1 fully saturated rings. The number of carbonyl (C=O) groups is 3. The molecule has 0 bridgehead atoms. The lowest BCUT2D eigenvalue weighted by atomic mass is 9.75. The van der Waals surface area contributed by atoms with E-state index in [1.807, 2.05) is 61.5 Å². The SMILES string of the molecule is CC1(C(=O)N[C@H](C(=O)NC2CCCCC2)c2ccccc2)CC=C(CNC(=O)c2ccccc2-c2ccc(C(C)(C)C)cc2)CC1. The first-order valence-electron chi connectivity index (χ1n) is 16.9. The van der Waals surface area contributed by atoms with Crippen molar-refractivity contribution in [3.8, 4) is 11.1 Å². The molecule has 46 heavy (non-hydrogen) atoms. The molecule has 3 aromatic carbocycles. The van der Waals surface area contributed by atoms with Crippen LogP contribution in [0.2, 0.25) is 0 Å². The Labute approximate surface area is 274 Å². The third kappa shape index (κ3) is 8.14. The fourth-order valence-corrected chi connectivity index (χ4v) is 6.53. The Kier molecular flexibility index (Phi) is 10.5. The van der Waals surface area contributed by atoms with Crippen LogP contribution in [-0.4, -0.2) is 30.3 Å². The van der Waals surface area contributed by atoms with E-state index in [0.717, 1.165) is 47.9 Å². The molecular formula is C40H49N3O3. The van der Waals surface area contributed by atoms with Crippen LogP contribution in [0.5, 0.6) is 0 Å². The Balaban J connectivity index is 1.21. The lowest BCUT2D eigenvalue weighted by Crippen LogP contribution is -2.48. The van der Waals surface area contributed by atoms with Gasteiger partial charge in [-0.15, -0.1) is 0 Å². The second-order valence-corrected chi connectivity index (χ2v) is 14.3. The van der Waals surface area contributed by atoms with E-state index in [0.29, 0.717) is 31.4 Å². The summed E-state index contributed by atoms with van der Waals surface area (Å²) in [6.45, 7) is 8.98. The summed E-state index contributed by atoms with van der Waals surface area (Å²) in [6, 6.07) is 25.1. The summed E-state index contributed by atoms with van der Waals surface area (Å²) in [5, 5.41) is 9.42. The van der Waals surface area contributed by atoms with Gasteiger partial charge in [0.15, 0.2) is 0 Å². The van der Waals surface area contributed by atoms with Crippen LogP contribution in [0.1, 0.15) is 107 Å². The van der Waals surface area contributed by atoms with Crippen molar-refractivity contribution in [3.05, 3.63) is 107 Å². The molecule has 2 atom stereocenters. The van der Waals surface area contributed by atoms with Gasteiger partial charge >= 0.3 is 0 Å². The standard InChI is InChI=1S/C40H49N3O3/c1-39(2,3)31-21-19-29(20-22-31)33-17-11-12-18-34(33)36(44)41-27-28-23-25-40(4,26-24-28)38(46)43-35(30-13-7-5-8-14-30)37(45)42-32-15-9-6-10-16-32/h5,7-8,11-14,17-23,32,35H,6,9-10,15-16,24-27H2,1-4H3,(H,41,44)(H,42,45)(H,43,46)/t35-,40?/m0/s1. The van der Waals surface area contributed by atoms with E-state index in [9.17, 15) is 14.4 Å². The van der Waals surface area contributed by atoms with Crippen molar-refractivity contribution in [2.45, 2.75) is 96.6 Å². The Morgan fingerprint density at radius 3 is 2.20 bits per heavy atom. The van der Waals surface area contributed by atoms with Crippen molar-refractivity contribution in [3.63, 3.8) is 0 Å². The van der Waals surface area contributed by atoms with Crippen LogP contribution in [0.15, 0.2) is 90.5 Å². The number of hydrogen-bond acceptors (Lipinski definition) is 3. The molecule has 2 aliphatic rings. The summed E-state index contributed by atoms with van der Waals surface area (Å²) in [6.07, 6.45) is 9.40. The van der Waals surface area contributed by atoms with Crippen LogP contribution in [-0.2, 0) is 15.0 Å². The Bertz CT molecular complexity index is 1550. The molecule has 0 spiro atoms. The summed E-state index contributed by atoms with van der Waals surface area (Å²) >= 11 is 0. The van der Waals surface area contributed by atoms with Crippen molar-refractivity contribution < 1.29 is 14.4 Å². The zero-order valence-corrected chi connectivity index (χ0v) is 27.8. The van der Waals surface area contributed by atoms with E-state index < -0.39 is 11.5 Å². The van der Waals surface area contributed by atoms with Crippen molar-refractivity contribution in [2.75, 3.05) is 6.54 Å². The predicted molar refractivity (Wildman–Crippen MR) is 185 cm³/mol. The van der Waals surface area contributed by atoms with Crippen molar-refractivity contribution >= 4 is 17.7 Å². The van der Waals surface area contributed by atoms with Crippen LogP contribution < -0.4 is 16.0 Å². The third-order valence-electron chi connectivity index (χ3n) is 9.72. The smallest absolute Gasteiger partial charge is 0.252 e. The molecule has 1 saturated carbocycles. The first-order valence-corrected chi connectivity index (χ1v) is 16.9. The average molecular weight is 620 g/mol. The predicted octanol–water partition coefficient (Wildman–Crippen LogP) is 7.80. The Morgan fingerprint density at radius 2 is 1.54 bits per heavy atom. The number of allylic oxidation sites excluding steroid dienone is 1. The fraction of sp³-hybridized carbons (Fsp3) is 0.425. The molecule has 0 saturated heterocycles. The van der Waals surface area contributed by atoms with Gasteiger partial charge in [-0.1, -0.05) is 131 Å². The maximum atomic E-state index is 13.7. The van der Waals surface area contributed by atoms with Gasteiger partial charge in [-0.05, 0) is 65.8 Å². The maximum Gasteiger partial charge on any atom is 0.252 e. The van der Waals surface area contributed by atoms with Crippen LogP contribution in [0.25, 0.3) is 11.1 Å². The first-order chi connectivity index (χ1) is 22.0. The molecule has 1 unspecified atom stereocenters. The van der Waals surface area contributed by atoms with Gasteiger partial charge in [0.05, 0.1) is 5.41 Å². The van der Waals surface area contributed by atoms with Crippen molar-refractivity contribution in [1.82, 2.24) is 16.0 Å².